The Hall–Kier alpha value is -2.91. The average Bonchev–Trinajstić information content (AvgIpc) is 2.99. The summed E-state index contributed by atoms with van der Waals surface area (Å²) >= 11 is 2.27. The number of fused-ring (bicyclic) bond motifs is 1. The molecule has 0 aliphatic rings. The third-order valence-corrected chi connectivity index (χ3v) is 3.72. The predicted molar refractivity (Wildman–Crippen MR) is 97.6 cm³/mol. The third kappa shape index (κ3) is 3.30. The molecule has 110 valence electrons. The first-order valence-electron chi connectivity index (χ1n) is 6.53. The Morgan fingerprint density at radius 3 is 2.52 bits per heavy atom. The van der Waals surface area contributed by atoms with Gasteiger partial charge in [-0.25, -0.2) is 14.7 Å². The molecule has 1 N–H and O–H groups in total. The Labute approximate surface area is 146 Å². The lowest BCUT2D eigenvalue weighted by Crippen LogP contribution is -1.92. The van der Waals surface area contributed by atoms with Crippen LogP contribution in [0, 0.1) is 16.7 Å². The second-order valence-corrected chi connectivity index (χ2v) is 5.81. The van der Waals surface area contributed by atoms with E-state index < -0.39 is 0 Å². The summed E-state index contributed by atoms with van der Waals surface area (Å²) in [5.41, 5.74) is 6.15. The van der Waals surface area contributed by atoms with Crippen molar-refractivity contribution in [1.29, 1.82) is 0 Å². The normalized spacial score (nSPS) is 9.87. The molecule has 0 aliphatic heterocycles. The zero-order valence-corrected chi connectivity index (χ0v) is 13.9. The van der Waals surface area contributed by atoms with Crippen LogP contribution in [0.1, 0.15) is 0 Å². The highest BCUT2D eigenvalue weighted by Crippen LogP contribution is 2.22. The smallest absolute Gasteiger partial charge is 0.305 e. The van der Waals surface area contributed by atoms with Crippen molar-refractivity contribution in [3.63, 3.8) is 0 Å². The summed E-state index contributed by atoms with van der Waals surface area (Å²) in [5, 5.41) is 3.72. The molecule has 0 fully saturated rings. The number of hydrazone groups is 1. The van der Waals surface area contributed by atoms with Crippen LogP contribution in [0.15, 0.2) is 53.9 Å². The van der Waals surface area contributed by atoms with E-state index in [1.165, 1.54) is 0 Å². The van der Waals surface area contributed by atoms with Gasteiger partial charge in [-0.15, -0.1) is 0 Å². The number of hydrogen-bond acceptors (Lipinski definition) is 3. The minimum atomic E-state index is -0.246. The summed E-state index contributed by atoms with van der Waals surface area (Å²) in [6.45, 7) is 13.5. The fourth-order valence-corrected chi connectivity index (χ4v) is 2.49. The highest BCUT2D eigenvalue weighted by atomic mass is 127. The second kappa shape index (κ2) is 6.46. The van der Waals surface area contributed by atoms with Gasteiger partial charge in [0.05, 0.1) is 11.4 Å². The summed E-state index contributed by atoms with van der Waals surface area (Å²) < 4.78 is 3.14. The first kappa shape index (κ1) is 15.0. The molecule has 3 rings (SSSR count). The standard InChI is InChI=1S/C16H9IN6/c1-18-16(19-2)22-21-13-6-3-11(4-7-13)14-10-23-9-12(17)5-8-15(23)20-14/h3-10,21H. The first-order chi connectivity index (χ1) is 11.2. The lowest BCUT2D eigenvalue weighted by atomic mass is 10.1. The van der Waals surface area contributed by atoms with E-state index in [1.54, 1.807) is 0 Å². The van der Waals surface area contributed by atoms with Gasteiger partial charge >= 0.3 is 5.96 Å². The van der Waals surface area contributed by atoms with Crippen molar-refractivity contribution >= 4 is 39.9 Å². The predicted octanol–water partition coefficient (Wildman–Crippen LogP) is 4.13. The molecule has 0 saturated carbocycles. The Bertz CT molecular complexity index is 956. The minimum absolute atomic E-state index is 0.246. The molecule has 0 spiro atoms. The van der Waals surface area contributed by atoms with Crippen molar-refractivity contribution in [3.05, 3.63) is 75.2 Å². The molecule has 0 aliphatic carbocycles. The maximum absolute atomic E-state index is 6.77. The number of hydrogen-bond donors (Lipinski definition) is 1. The van der Waals surface area contributed by atoms with Gasteiger partial charge in [0.1, 0.15) is 10.7 Å². The number of anilines is 1. The third-order valence-electron chi connectivity index (χ3n) is 3.08. The van der Waals surface area contributed by atoms with E-state index in [2.05, 4.69) is 47.8 Å². The van der Waals surface area contributed by atoms with E-state index in [4.69, 9.17) is 13.1 Å². The molecule has 7 heteroatoms. The van der Waals surface area contributed by atoms with Crippen molar-refractivity contribution in [2.45, 2.75) is 0 Å². The molecule has 23 heavy (non-hydrogen) atoms. The summed E-state index contributed by atoms with van der Waals surface area (Å²) in [5.74, 6) is -0.246. The van der Waals surface area contributed by atoms with Crippen LogP contribution in [0.2, 0.25) is 0 Å². The van der Waals surface area contributed by atoms with E-state index in [1.807, 2.05) is 53.2 Å². The summed E-state index contributed by atoms with van der Waals surface area (Å²) in [7, 11) is 0. The molecule has 1 aromatic carbocycles. The van der Waals surface area contributed by atoms with Gasteiger partial charge < -0.3 is 4.40 Å². The molecule has 6 nitrogen and oxygen atoms in total. The maximum atomic E-state index is 6.77. The molecule has 2 heterocycles. The number of halogens is 1. The van der Waals surface area contributed by atoms with Gasteiger partial charge in [0.15, 0.2) is 0 Å². The fourth-order valence-electron chi connectivity index (χ4n) is 2.01. The van der Waals surface area contributed by atoms with Crippen LogP contribution < -0.4 is 5.43 Å². The Balaban J connectivity index is 1.85. The summed E-state index contributed by atoms with van der Waals surface area (Å²) in [6.07, 6.45) is 4.00. The van der Waals surface area contributed by atoms with Crippen molar-refractivity contribution in [1.82, 2.24) is 9.38 Å². The number of benzene rings is 1. The lowest BCUT2D eigenvalue weighted by Gasteiger charge is -1.97. The van der Waals surface area contributed by atoms with Gasteiger partial charge in [-0.3, -0.25) is 0 Å². The zero-order chi connectivity index (χ0) is 16.2. The average molecular weight is 412 g/mol. The van der Waals surface area contributed by atoms with E-state index >= 15 is 0 Å². The second-order valence-electron chi connectivity index (χ2n) is 4.56. The van der Waals surface area contributed by atoms with Gasteiger partial charge in [-0.2, -0.15) is 5.43 Å². The molecule has 0 unspecified atom stereocenters. The molecule has 0 atom stereocenters. The summed E-state index contributed by atoms with van der Waals surface area (Å²) in [4.78, 5) is 10.6. The number of guanidine groups is 1. The van der Waals surface area contributed by atoms with Crippen LogP contribution in [0.25, 0.3) is 26.6 Å². The monoisotopic (exact) mass is 412 g/mol. The summed E-state index contributed by atoms with van der Waals surface area (Å²) in [6, 6.07) is 11.5. The molecular weight excluding hydrogens is 403 g/mol. The molecule has 3 aromatic rings. The quantitative estimate of drug-likeness (QED) is 0.231. The number of pyridine rings is 1. The minimum Gasteiger partial charge on any atom is -0.305 e. The molecule has 2 aromatic heterocycles. The topological polar surface area (TPSA) is 50.4 Å². The Morgan fingerprint density at radius 2 is 1.83 bits per heavy atom. The first-order valence-corrected chi connectivity index (χ1v) is 7.61. The molecule has 0 amide bonds. The van der Waals surface area contributed by atoms with Crippen LogP contribution in [0.4, 0.5) is 5.69 Å². The van der Waals surface area contributed by atoms with Gasteiger partial charge in [0.2, 0.25) is 0 Å². The number of rotatable bonds is 3. The van der Waals surface area contributed by atoms with Crippen molar-refractivity contribution in [2.24, 2.45) is 5.10 Å². The number of aromatic nitrogens is 2. The van der Waals surface area contributed by atoms with E-state index in [-0.39, 0.29) is 5.96 Å². The fraction of sp³-hybridized carbons (Fsp3) is 0. The highest BCUT2D eigenvalue weighted by molar-refractivity contribution is 14.1. The van der Waals surface area contributed by atoms with E-state index in [9.17, 15) is 0 Å². The van der Waals surface area contributed by atoms with Gasteiger partial charge in [-0.05, 0) is 60.0 Å². The van der Waals surface area contributed by atoms with Crippen LogP contribution >= 0.6 is 22.6 Å². The SMILES string of the molecule is [C-]#[N+]C(=NNc1ccc(-c2cn3cc(I)ccc3n2)cc1)[N+]#[C-]. The maximum Gasteiger partial charge on any atom is 0.657 e. The Morgan fingerprint density at radius 1 is 1.09 bits per heavy atom. The molecular formula is C16H9IN6. The van der Waals surface area contributed by atoms with Crippen molar-refractivity contribution < 1.29 is 0 Å². The highest BCUT2D eigenvalue weighted by Gasteiger charge is 2.07. The number of nitrogens with one attached hydrogen (secondary N) is 1. The van der Waals surface area contributed by atoms with E-state index in [0.29, 0.717) is 5.69 Å². The largest absolute Gasteiger partial charge is 0.657 e. The van der Waals surface area contributed by atoms with Crippen molar-refractivity contribution in [3.8, 4) is 11.3 Å². The lowest BCUT2D eigenvalue weighted by molar-refractivity contribution is 1.17. The van der Waals surface area contributed by atoms with Crippen LogP contribution in [-0.2, 0) is 0 Å². The Kier molecular flexibility index (Phi) is 4.22. The van der Waals surface area contributed by atoms with Crippen LogP contribution in [-0.4, -0.2) is 15.3 Å². The zero-order valence-electron chi connectivity index (χ0n) is 11.7. The van der Waals surface area contributed by atoms with E-state index in [0.717, 1.165) is 20.5 Å². The molecule has 0 saturated heterocycles. The van der Waals surface area contributed by atoms with Gasteiger partial charge in [0, 0.05) is 21.5 Å². The van der Waals surface area contributed by atoms with Crippen molar-refractivity contribution in [2.75, 3.05) is 5.43 Å². The van der Waals surface area contributed by atoms with Gasteiger partial charge in [-0.1, -0.05) is 12.1 Å². The number of nitrogens with zero attached hydrogens (tertiary/aromatic N) is 5. The van der Waals surface area contributed by atoms with Crippen LogP contribution in [0.3, 0.4) is 0 Å². The van der Waals surface area contributed by atoms with Crippen LogP contribution in [0.5, 0.6) is 0 Å². The molecule has 0 radical (unpaired) electrons. The number of imidazole rings is 1. The molecule has 0 bridgehead atoms. The van der Waals surface area contributed by atoms with Gasteiger partial charge in [0.25, 0.3) is 0 Å².